The van der Waals surface area contributed by atoms with Crippen LogP contribution in [0.3, 0.4) is 0 Å². The van der Waals surface area contributed by atoms with Crippen LogP contribution < -0.4 is 15.4 Å². The Kier molecular flexibility index (Phi) is 11.9. The Balaban J connectivity index is 1.03. The fourth-order valence-electron chi connectivity index (χ4n) is 7.08. The molecule has 2 aliphatic rings. The van der Waals surface area contributed by atoms with Gasteiger partial charge in [-0.15, -0.1) is 23.1 Å². The molecule has 2 amide bonds. The summed E-state index contributed by atoms with van der Waals surface area (Å²) in [5, 5.41) is 16.0. The summed E-state index contributed by atoms with van der Waals surface area (Å²) in [6, 6.07) is 38.0. The highest BCUT2D eigenvalue weighted by Gasteiger charge is 2.54. The van der Waals surface area contributed by atoms with Crippen LogP contribution in [0.4, 0.5) is 5.13 Å². The van der Waals surface area contributed by atoms with Crippen LogP contribution in [0.25, 0.3) is 6.08 Å². The molecule has 0 unspecified atom stereocenters. The first-order valence-electron chi connectivity index (χ1n) is 18.8. The van der Waals surface area contributed by atoms with E-state index < -0.39 is 34.7 Å². The SMILES string of the molecule is CO/N=C(\C(=O)N[C@@H]1C(=O)N2C(C(=O)OCc3ccc(OC)cc3)=C(/C=C/c3ccno3)CS[C@H]12)c1csc(NC(c2ccccc2)(c2ccccc2)c2ccccc2)n1. The third kappa shape index (κ3) is 8.04. The van der Waals surface area contributed by atoms with E-state index in [4.69, 9.17) is 23.8 Å². The van der Waals surface area contributed by atoms with Gasteiger partial charge in [0.1, 0.15) is 47.8 Å². The monoisotopic (exact) mass is 838 g/mol. The lowest BCUT2D eigenvalue weighted by atomic mass is 9.77. The molecule has 2 N–H and O–H groups in total. The fourth-order valence-corrected chi connectivity index (χ4v) is 9.15. The Labute approximate surface area is 353 Å². The largest absolute Gasteiger partial charge is 0.497 e. The van der Waals surface area contributed by atoms with E-state index in [0.717, 1.165) is 22.3 Å². The summed E-state index contributed by atoms with van der Waals surface area (Å²) in [6.45, 7) is -0.0318. The third-order valence-corrected chi connectivity index (χ3v) is 12.0. The first kappa shape index (κ1) is 39.8. The molecular formula is C45H38N6O7S2. The molecule has 0 spiro atoms. The van der Waals surface area contributed by atoms with E-state index in [2.05, 4.69) is 57.3 Å². The molecule has 13 nitrogen and oxygen atoms in total. The van der Waals surface area contributed by atoms with Gasteiger partial charge < -0.3 is 29.5 Å². The number of aromatic nitrogens is 2. The van der Waals surface area contributed by atoms with Crippen LogP contribution >= 0.6 is 23.1 Å². The number of esters is 1. The van der Waals surface area contributed by atoms with Crippen molar-refractivity contribution in [1.29, 1.82) is 0 Å². The number of anilines is 1. The molecule has 0 aliphatic carbocycles. The lowest BCUT2D eigenvalue weighted by Crippen LogP contribution is -2.71. The van der Waals surface area contributed by atoms with Crippen LogP contribution in [-0.4, -0.2) is 69.9 Å². The molecular weight excluding hydrogens is 801 g/mol. The Bertz CT molecular complexity index is 2450. The minimum atomic E-state index is -0.980. The second-order valence-corrected chi connectivity index (χ2v) is 15.5. The zero-order chi connectivity index (χ0) is 41.5. The Hall–Kier alpha value is -6.97. The van der Waals surface area contributed by atoms with Crippen LogP contribution in [0.5, 0.6) is 5.75 Å². The average molecular weight is 839 g/mol. The summed E-state index contributed by atoms with van der Waals surface area (Å²) in [7, 11) is 2.90. The fraction of sp³-hybridized carbons (Fsp3) is 0.156. The van der Waals surface area contributed by atoms with Crippen LogP contribution in [0.1, 0.15) is 33.7 Å². The van der Waals surface area contributed by atoms with Gasteiger partial charge in [0, 0.05) is 17.2 Å². The number of ether oxygens (including phenoxy) is 2. The first-order valence-corrected chi connectivity index (χ1v) is 20.7. The smallest absolute Gasteiger partial charge is 0.355 e. The normalized spacial score (nSPS) is 16.5. The molecule has 6 aromatic rings. The van der Waals surface area contributed by atoms with E-state index in [0.29, 0.717) is 28.0 Å². The quantitative estimate of drug-likeness (QED) is 0.0361. The summed E-state index contributed by atoms with van der Waals surface area (Å²) in [4.78, 5) is 53.1. The van der Waals surface area contributed by atoms with E-state index in [-0.39, 0.29) is 23.7 Å². The van der Waals surface area contributed by atoms with Crippen molar-refractivity contribution in [3.63, 3.8) is 0 Å². The Morgan fingerprint density at radius 3 is 2.13 bits per heavy atom. The molecule has 1 fully saturated rings. The van der Waals surface area contributed by atoms with Crippen molar-refractivity contribution in [3.8, 4) is 5.75 Å². The molecule has 1 saturated heterocycles. The molecule has 2 atom stereocenters. The number of thiazole rings is 1. The maximum Gasteiger partial charge on any atom is 0.355 e. The number of nitrogens with zero attached hydrogens (tertiary/aromatic N) is 4. The number of amides is 2. The number of fused-ring (bicyclic) bond motifs is 1. The number of β-lactam (4-membered cyclic amide) rings is 1. The van der Waals surface area contributed by atoms with E-state index in [1.165, 1.54) is 41.3 Å². The Morgan fingerprint density at radius 2 is 1.55 bits per heavy atom. The molecule has 15 heteroatoms. The van der Waals surface area contributed by atoms with Crippen molar-refractivity contribution in [2.24, 2.45) is 5.16 Å². The van der Waals surface area contributed by atoms with Gasteiger partial charge in [-0.2, -0.15) is 0 Å². The van der Waals surface area contributed by atoms with Crippen molar-refractivity contribution in [2.45, 2.75) is 23.6 Å². The number of benzene rings is 4. The minimum Gasteiger partial charge on any atom is -0.497 e. The van der Waals surface area contributed by atoms with E-state index >= 15 is 0 Å². The third-order valence-electron chi connectivity index (χ3n) is 9.97. The number of hydrogen-bond acceptors (Lipinski definition) is 13. The van der Waals surface area contributed by atoms with Crippen LogP contribution in [0.2, 0.25) is 0 Å². The zero-order valence-electron chi connectivity index (χ0n) is 32.4. The highest BCUT2D eigenvalue weighted by Crippen LogP contribution is 2.42. The van der Waals surface area contributed by atoms with Crippen molar-refractivity contribution in [3.05, 3.63) is 184 Å². The van der Waals surface area contributed by atoms with Gasteiger partial charge in [-0.05, 0) is 46.0 Å². The highest BCUT2D eigenvalue weighted by molar-refractivity contribution is 8.00. The molecule has 0 saturated carbocycles. The van der Waals surface area contributed by atoms with Gasteiger partial charge in [-0.25, -0.2) is 9.78 Å². The van der Waals surface area contributed by atoms with Gasteiger partial charge in [-0.3, -0.25) is 14.5 Å². The number of methoxy groups -OCH3 is 1. The molecule has 60 heavy (non-hydrogen) atoms. The van der Waals surface area contributed by atoms with Gasteiger partial charge >= 0.3 is 5.97 Å². The number of thioether (sulfide) groups is 1. The van der Waals surface area contributed by atoms with Gasteiger partial charge in [-0.1, -0.05) is 120 Å². The molecule has 8 rings (SSSR count). The van der Waals surface area contributed by atoms with E-state index in [1.807, 2.05) is 54.6 Å². The van der Waals surface area contributed by atoms with Gasteiger partial charge in [0.2, 0.25) is 0 Å². The van der Waals surface area contributed by atoms with E-state index in [1.54, 1.807) is 55.0 Å². The summed E-state index contributed by atoms with van der Waals surface area (Å²) < 4.78 is 16.2. The van der Waals surface area contributed by atoms with Gasteiger partial charge in [0.15, 0.2) is 16.6 Å². The topological polar surface area (TPSA) is 157 Å². The number of allylic oxidation sites excluding steroid dienone is 1. The molecule has 4 heterocycles. The second kappa shape index (κ2) is 17.9. The highest BCUT2D eigenvalue weighted by atomic mass is 32.2. The first-order chi connectivity index (χ1) is 29.4. The number of carbonyl (C=O) groups is 3. The maximum absolute atomic E-state index is 14.0. The molecule has 4 aromatic carbocycles. The number of oxime groups is 1. The van der Waals surface area contributed by atoms with Gasteiger partial charge in [0.05, 0.1) is 13.3 Å². The average Bonchev–Trinajstić information content (AvgIpc) is 4.01. The molecule has 0 bridgehead atoms. The summed E-state index contributed by atoms with van der Waals surface area (Å²) >= 11 is 2.70. The van der Waals surface area contributed by atoms with Crippen LogP contribution in [-0.2, 0) is 36.1 Å². The lowest BCUT2D eigenvalue weighted by molar-refractivity contribution is -0.153. The summed E-state index contributed by atoms with van der Waals surface area (Å²) in [5.41, 5.74) is 3.58. The standard InChI is InChI=1S/C45H38N6O7S2/c1-55-34-21-18-29(19-22-34)26-57-43(54)39-30(20-23-35-24-25-46-58-35)27-59-42-38(41(53)51(39)42)48-40(52)37(50-56-2)36-28-60-44(47-36)49-45(31-12-6-3-7-13-31,32-14-8-4-9-15-32)33-16-10-5-11-17-33/h3-25,28,38,42H,26-27H2,1-2H3,(H,47,49)(H,48,52)/b23-20+,50-37-/t38-,42-/m1/s1. The molecule has 0 radical (unpaired) electrons. The van der Waals surface area contributed by atoms with Crippen molar-refractivity contribution in [1.82, 2.24) is 20.4 Å². The van der Waals surface area contributed by atoms with E-state index in [9.17, 15) is 14.4 Å². The van der Waals surface area contributed by atoms with Crippen molar-refractivity contribution >= 4 is 57.8 Å². The van der Waals surface area contributed by atoms with Crippen LogP contribution in [0.15, 0.2) is 160 Å². The second-order valence-electron chi connectivity index (χ2n) is 13.5. The van der Waals surface area contributed by atoms with Crippen molar-refractivity contribution in [2.75, 3.05) is 25.3 Å². The molecule has 2 aliphatic heterocycles. The lowest BCUT2D eigenvalue weighted by Gasteiger charge is -2.49. The predicted octanol–water partition coefficient (Wildman–Crippen LogP) is 7.01. The summed E-state index contributed by atoms with van der Waals surface area (Å²) in [6.07, 6.45) is 4.87. The minimum absolute atomic E-state index is 0.0318. The van der Waals surface area contributed by atoms with Gasteiger partial charge in [0.25, 0.3) is 11.8 Å². The Morgan fingerprint density at radius 1 is 0.900 bits per heavy atom. The molecule has 2 aromatic heterocycles. The number of carbonyl (C=O) groups excluding carboxylic acids is 3. The number of hydrogen-bond donors (Lipinski definition) is 2. The van der Waals surface area contributed by atoms with Crippen LogP contribution in [0, 0.1) is 0 Å². The molecule has 302 valence electrons. The number of rotatable bonds is 15. The number of nitrogens with one attached hydrogen (secondary N) is 2. The zero-order valence-corrected chi connectivity index (χ0v) is 34.0. The maximum atomic E-state index is 14.0. The summed E-state index contributed by atoms with van der Waals surface area (Å²) in [5.74, 6) is -0.370. The predicted molar refractivity (Wildman–Crippen MR) is 229 cm³/mol. The van der Waals surface area contributed by atoms with Crippen molar-refractivity contribution < 1.29 is 33.2 Å².